The number of hydrogen-bond donors (Lipinski definition) is 2. The molecule has 2 amide bonds. The molecule has 0 aromatic carbocycles. The Labute approximate surface area is 128 Å². The second-order valence-corrected chi connectivity index (χ2v) is 4.98. The van der Waals surface area contributed by atoms with Crippen molar-refractivity contribution in [3.05, 3.63) is 5.82 Å². The summed E-state index contributed by atoms with van der Waals surface area (Å²) in [6, 6.07) is -0.604. The van der Waals surface area contributed by atoms with Gasteiger partial charge in [-0.15, -0.1) is 10.2 Å². The number of tetrazole rings is 1. The van der Waals surface area contributed by atoms with Gasteiger partial charge in [0.15, 0.2) is 5.82 Å². The van der Waals surface area contributed by atoms with Gasteiger partial charge in [-0.2, -0.15) is 5.21 Å². The fraction of sp³-hybridized carbons (Fsp3) is 0.750. The molecule has 0 bridgehead atoms. The van der Waals surface area contributed by atoms with Gasteiger partial charge in [0.05, 0.1) is 12.6 Å². The van der Waals surface area contributed by atoms with Gasteiger partial charge in [0.1, 0.15) is 0 Å². The highest BCUT2D eigenvalue weighted by atomic mass is 16.6. The van der Waals surface area contributed by atoms with Gasteiger partial charge in [0.25, 0.3) is 0 Å². The van der Waals surface area contributed by atoms with Crippen molar-refractivity contribution in [2.75, 3.05) is 32.8 Å². The summed E-state index contributed by atoms with van der Waals surface area (Å²) in [7, 11) is 0. The van der Waals surface area contributed by atoms with Gasteiger partial charge >= 0.3 is 6.09 Å². The van der Waals surface area contributed by atoms with Crippen molar-refractivity contribution >= 4 is 12.0 Å². The molecule has 0 unspecified atom stereocenters. The third-order valence-electron chi connectivity index (χ3n) is 3.50. The molecule has 0 aliphatic carbocycles. The number of H-pyrrole nitrogens is 1. The maximum absolute atomic E-state index is 12.3. The zero-order valence-corrected chi connectivity index (χ0v) is 12.6. The first-order valence-corrected chi connectivity index (χ1v) is 7.30. The summed E-state index contributed by atoms with van der Waals surface area (Å²) >= 11 is 0. The molecule has 0 radical (unpaired) electrons. The van der Waals surface area contributed by atoms with Crippen LogP contribution in [0.2, 0.25) is 0 Å². The lowest BCUT2D eigenvalue weighted by Gasteiger charge is -2.35. The quantitative estimate of drug-likeness (QED) is 0.695. The molecule has 1 fully saturated rings. The van der Waals surface area contributed by atoms with E-state index in [1.54, 1.807) is 16.7 Å². The lowest BCUT2D eigenvalue weighted by molar-refractivity contribution is -0.134. The predicted octanol–water partition coefficient (Wildman–Crippen LogP) is -1.24. The molecular formula is C12H21N7O3. The van der Waals surface area contributed by atoms with E-state index >= 15 is 0 Å². The number of carbonyl (C=O) groups is 2. The first-order chi connectivity index (χ1) is 10.6. The highest BCUT2D eigenvalue weighted by Gasteiger charge is 2.27. The van der Waals surface area contributed by atoms with Gasteiger partial charge in [0, 0.05) is 32.6 Å². The maximum atomic E-state index is 12.3. The molecule has 3 N–H and O–H groups in total. The van der Waals surface area contributed by atoms with Crippen LogP contribution in [0.25, 0.3) is 0 Å². The zero-order chi connectivity index (χ0) is 15.9. The average Bonchev–Trinajstić information content (AvgIpc) is 3.05. The minimum absolute atomic E-state index is 0.119. The molecule has 122 valence electrons. The Hall–Kier alpha value is -2.23. The van der Waals surface area contributed by atoms with Crippen LogP contribution in [0.15, 0.2) is 0 Å². The van der Waals surface area contributed by atoms with Gasteiger partial charge < -0.3 is 20.3 Å². The molecule has 1 atom stereocenters. The van der Waals surface area contributed by atoms with Crippen LogP contribution in [0, 0.1) is 0 Å². The molecule has 10 heteroatoms. The van der Waals surface area contributed by atoms with Crippen LogP contribution in [-0.4, -0.2) is 81.3 Å². The fourth-order valence-corrected chi connectivity index (χ4v) is 2.26. The van der Waals surface area contributed by atoms with Crippen LogP contribution < -0.4 is 5.73 Å². The Bertz CT molecular complexity index is 485. The number of hydrogen-bond acceptors (Lipinski definition) is 7. The van der Waals surface area contributed by atoms with Crippen molar-refractivity contribution < 1.29 is 14.3 Å². The molecule has 2 heterocycles. The molecule has 22 heavy (non-hydrogen) atoms. The summed E-state index contributed by atoms with van der Waals surface area (Å²) in [5.41, 5.74) is 5.92. The van der Waals surface area contributed by atoms with E-state index in [1.165, 1.54) is 0 Å². The third-order valence-corrected chi connectivity index (χ3v) is 3.50. The minimum atomic E-state index is -0.604. The molecule has 0 saturated carbocycles. The van der Waals surface area contributed by atoms with E-state index in [2.05, 4.69) is 20.6 Å². The molecule has 0 spiro atoms. The molecule has 1 aromatic rings. The number of carbonyl (C=O) groups excluding carboxylic acids is 2. The summed E-state index contributed by atoms with van der Waals surface area (Å²) in [4.78, 5) is 27.1. The number of piperazine rings is 1. The zero-order valence-electron chi connectivity index (χ0n) is 12.6. The average molecular weight is 311 g/mol. The van der Waals surface area contributed by atoms with Crippen molar-refractivity contribution in [2.24, 2.45) is 5.73 Å². The Morgan fingerprint density at radius 1 is 1.32 bits per heavy atom. The first kappa shape index (κ1) is 16.1. The number of aryl methyl sites for hydroxylation is 1. The van der Waals surface area contributed by atoms with E-state index in [0.717, 1.165) is 0 Å². The van der Waals surface area contributed by atoms with Crippen LogP contribution in [-0.2, 0) is 16.0 Å². The Morgan fingerprint density at radius 3 is 2.59 bits per heavy atom. The molecule has 2 rings (SSSR count). The molecule has 1 aliphatic heterocycles. The van der Waals surface area contributed by atoms with E-state index < -0.39 is 6.04 Å². The number of nitrogens with zero attached hydrogens (tertiary/aromatic N) is 5. The smallest absolute Gasteiger partial charge is 0.409 e. The molecule has 1 saturated heterocycles. The first-order valence-electron chi connectivity index (χ1n) is 7.30. The van der Waals surface area contributed by atoms with Gasteiger partial charge in [-0.05, 0) is 13.3 Å². The fourth-order valence-electron chi connectivity index (χ4n) is 2.26. The summed E-state index contributed by atoms with van der Waals surface area (Å²) in [6.45, 7) is 3.96. The second-order valence-electron chi connectivity index (χ2n) is 4.98. The number of ether oxygens (including phenoxy) is 1. The lowest BCUT2D eigenvalue weighted by atomic mass is 10.1. The van der Waals surface area contributed by atoms with Crippen LogP contribution >= 0.6 is 0 Å². The topological polar surface area (TPSA) is 130 Å². The van der Waals surface area contributed by atoms with Gasteiger partial charge in [-0.1, -0.05) is 5.21 Å². The van der Waals surface area contributed by atoms with E-state index in [0.29, 0.717) is 51.5 Å². The monoisotopic (exact) mass is 311 g/mol. The summed E-state index contributed by atoms with van der Waals surface area (Å²) < 4.78 is 4.94. The molecule has 10 nitrogen and oxygen atoms in total. The molecule has 1 aliphatic rings. The minimum Gasteiger partial charge on any atom is -0.450 e. The number of aromatic amines is 1. The second kappa shape index (κ2) is 7.69. The summed E-state index contributed by atoms with van der Waals surface area (Å²) in [5.74, 6) is 0.419. The Kier molecular flexibility index (Phi) is 5.64. The number of nitrogens with one attached hydrogen (secondary N) is 1. The highest BCUT2D eigenvalue weighted by Crippen LogP contribution is 2.07. The van der Waals surface area contributed by atoms with Gasteiger partial charge in [0.2, 0.25) is 5.91 Å². The summed E-state index contributed by atoms with van der Waals surface area (Å²) in [5, 5.41) is 13.5. The Balaban J connectivity index is 1.75. The number of aromatic nitrogens is 4. The van der Waals surface area contributed by atoms with Crippen LogP contribution in [0.1, 0.15) is 19.2 Å². The maximum Gasteiger partial charge on any atom is 0.409 e. The third kappa shape index (κ3) is 4.13. The van der Waals surface area contributed by atoms with Crippen LogP contribution in [0.4, 0.5) is 4.79 Å². The standard InChI is InChI=1S/C12H21N7O3/c1-2-22-12(21)19-7-5-18(6-8-19)11(20)9(13)3-4-10-14-16-17-15-10/h9H,2-8,13H2,1H3,(H,14,15,16,17)/t9-/m0/s1. The van der Waals surface area contributed by atoms with Crippen molar-refractivity contribution in [3.8, 4) is 0 Å². The predicted molar refractivity (Wildman–Crippen MR) is 75.6 cm³/mol. The van der Waals surface area contributed by atoms with Crippen molar-refractivity contribution in [1.29, 1.82) is 0 Å². The lowest BCUT2D eigenvalue weighted by Crippen LogP contribution is -2.54. The molecule has 1 aromatic heterocycles. The van der Waals surface area contributed by atoms with Gasteiger partial charge in [-0.25, -0.2) is 4.79 Å². The highest BCUT2D eigenvalue weighted by molar-refractivity contribution is 5.82. The number of nitrogens with two attached hydrogens (primary N) is 1. The van der Waals surface area contributed by atoms with Gasteiger partial charge in [-0.3, -0.25) is 4.79 Å². The van der Waals surface area contributed by atoms with Crippen molar-refractivity contribution in [3.63, 3.8) is 0 Å². The Morgan fingerprint density at radius 2 is 2.00 bits per heavy atom. The van der Waals surface area contributed by atoms with Crippen LogP contribution in [0.5, 0.6) is 0 Å². The van der Waals surface area contributed by atoms with E-state index in [1.807, 2.05) is 0 Å². The van der Waals surface area contributed by atoms with Crippen LogP contribution in [0.3, 0.4) is 0 Å². The summed E-state index contributed by atoms with van der Waals surface area (Å²) in [6.07, 6.45) is 0.610. The SMILES string of the molecule is CCOC(=O)N1CCN(C(=O)[C@@H](N)CCc2nn[nH]n2)CC1. The van der Waals surface area contributed by atoms with E-state index in [9.17, 15) is 9.59 Å². The van der Waals surface area contributed by atoms with E-state index in [4.69, 9.17) is 10.5 Å². The molecular weight excluding hydrogens is 290 g/mol. The van der Waals surface area contributed by atoms with E-state index in [-0.39, 0.29) is 12.0 Å². The number of amides is 2. The normalized spacial score (nSPS) is 16.5. The van der Waals surface area contributed by atoms with Crippen molar-refractivity contribution in [2.45, 2.75) is 25.8 Å². The van der Waals surface area contributed by atoms with Crippen molar-refractivity contribution in [1.82, 2.24) is 30.4 Å². The largest absolute Gasteiger partial charge is 0.450 e. The number of rotatable bonds is 5.